The first kappa shape index (κ1) is 11.1. The molecule has 1 aromatic rings. The van der Waals surface area contributed by atoms with Gasteiger partial charge in [-0.15, -0.1) is 0 Å². The lowest BCUT2D eigenvalue weighted by atomic mass is 9.77. The molecule has 3 rings (SSSR count). The van der Waals surface area contributed by atoms with Crippen molar-refractivity contribution in [3.63, 3.8) is 0 Å². The standard InChI is InChI=1S/C14H15ClO2/c15-10-5-3-4-9(8-10)13-11-6-1-2-7-12(11)17-14(13)16/h3-5,8,11-13H,1-2,6-7H2/t11-,12+,13-/m0/s1. The van der Waals surface area contributed by atoms with Gasteiger partial charge in [0.15, 0.2) is 0 Å². The summed E-state index contributed by atoms with van der Waals surface area (Å²) in [6.45, 7) is 0. The van der Waals surface area contributed by atoms with Crippen LogP contribution in [0.4, 0.5) is 0 Å². The minimum Gasteiger partial charge on any atom is -0.462 e. The molecule has 1 saturated heterocycles. The maximum Gasteiger partial charge on any atom is 0.314 e. The molecule has 1 aromatic carbocycles. The number of hydrogen-bond acceptors (Lipinski definition) is 2. The van der Waals surface area contributed by atoms with Crippen molar-refractivity contribution in [3.05, 3.63) is 34.9 Å². The second-order valence-electron chi connectivity index (χ2n) is 4.96. The molecule has 0 bridgehead atoms. The van der Waals surface area contributed by atoms with Gasteiger partial charge in [0.1, 0.15) is 6.10 Å². The summed E-state index contributed by atoms with van der Waals surface area (Å²) in [6.07, 6.45) is 4.63. The zero-order valence-corrected chi connectivity index (χ0v) is 10.3. The molecular weight excluding hydrogens is 236 g/mol. The van der Waals surface area contributed by atoms with Gasteiger partial charge >= 0.3 is 5.97 Å². The summed E-state index contributed by atoms with van der Waals surface area (Å²) in [5.74, 6) is 0.192. The maximum absolute atomic E-state index is 12.0. The van der Waals surface area contributed by atoms with E-state index in [2.05, 4.69) is 0 Å². The predicted octanol–water partition coefficient (Wildman–Crippen LogP) is 3.54. The van der Waals surface area contributed by atoms with Crippen molar-refractivity contribution in [2.24, 2.45) is 5.92 Å². The minimum absolute atomic E-state index is 0.0656. The highest BCUT2D eigenvalue weighted by molar-refractivity contribution is 6.30. The molecule has 3 atom stereocenters. The summed E-state index contributed by atoms with van der Waals surface area (Å²) in [4.78, 5) is 12.0. The Labute approximate surface area is 106 Å². The lowest BCUT2D eigenvalue weighted by molar-refractivity contribution is -0.142. The highest BCUT2D eigenvalue weighted by Crippen LogP contribution is 2.44. The average Bonchev–Trinajstić information content (AvgIpc) is 2.64. The summed E-state index contributed by atoms with van der Waals surface area (Å²) in [5, 5.41) is 0.689. The fourth-order valence-corrected chi connectivity index (χ4v) is 3.33. The molecule has 1 heterocycles. The van der Waals surface area contributed by atoms with Crippen LogP contribution in [0.15, 0.2) is 24.3 Å². The Balaban J connectivity index is 1.93. The van der Waals surface area contributed by atoms with Gasteiger partial charge in [-0.25, -0.2) is 0 Å². The zero-order valence-electron chi connectivity index (χ0n) is 9.56. The number of fused-ring (bicyclic) bond motifs is 1. The van der Waals surface area contributed by atoms with Crippen LogP contribution < -0.4 is 0 Å². The molecule has 0 unspecified atom stereocenters. The van der Waals surface area contributed by atoms with Crippen molar-refractivity contribution in [1.82, 2.24) is 0 Å². The molecule has 2 aliphatic rings. The normalized spacial score (nSPS) is 32.1. The van der Waals surface area contributed by atoms with Gasteiger partial charge in [-0.1, -0.05) is 30.2 Å². The van der Waals surface area contributed by atoms with E-state index < -0.39 is 0 Å². The van der Waals surface area contributed by atoms with Crippen LogP contribution in [0.5, 0.6) is 0 Å². The van der Waals surface area contributed by atoms with Crippen molar-refractivity contribution >= 4 is 17.6 Å². The van der Waals surface area contributed by atoms with Gasteiger partial charge in [-0.05, 0) is 37.0 Å². The van der Waals surface area contributed by atoms with Crippen LogP contribution in [-0.2, 0) is 9.53 Å². The van der Waals surface area contributed by atoms with E-state index in [0.717, 1.165) is 18.4 Å². The Bertz CT molecular complexity index is 444. The molecule has 1 aliphatic carbocycles. The van der Waals surface area contributed by atoms with Crippen LogP contribution in [-0.4, -0.2) is 12.1 Å². The lowest BCUT2D eigenvalue weighted by Crippen LogP contribution is -2.23. The second-order valence-corrected chi connectivity index (χ2v) is 5.39. The fourth-order valence-electron chi connectivity index (χ4n) is 3.13. The van der Waals surface area contributed by atoms with Gasteiger partial charge < -0.3 is 4.74 Å². The summed E-state index contributed by atoms with van der Waals surface area (Å²) in [5.41, 5.74) is 1.01. The first-order valence-electron chi connectivity index (χ1n) is 6.21. The van der Waals surface area contributed by atoms with E-state index in [1.807, 2.05) is 24.3 Å². The average molecular weight is 251 g/mol. The number of carbonyl (C=O) groups is 1. The number of rotatable bonds is 1. The van der Waals surface area contributed by atoms with Crippen LogP contribution in [0, 0.1) is 5.92 Å². The highest BCUT2D eigenvalue weighted by atomic mass is 35.5. The monoisotopic (exact) mass is 250 g/mol. The van der Waals surface area contributed by atoms with Crippen LogP contribution in [0.25, 0.3) is 0 Å². The van der Waals surface area contributed by atoms with Crippen LogP contribution in [0.2, 0.25) is 5.02 Å². The fraction of sp³-hybridized carbons (Fsp3) is 0.500. The Morgan fingerprint density at radius 2 is 2.06 bits per heavy atom. The summed E-state index contributed by atoms with van der Waals surface area (Å²) >= 11 is 5.99. The zero-order chi connectivity index (χ0) is 11.8. The van der Waals surface area contributed by atoms with E-state index in [1.54, 1.807) is 0 Å². The van der Waals surface area contributed by atoms with Crippen molar-refractivity contribution in [2.45, 2.75) is 37.7 Å². The third-order valence-corrected chi connectivity index (χ3v) is 4.15. The molecule has 0 spiro atoms. The van der Waals surface area contributed by atoms with Crippen molar-refractivity contribution in [3.8, 4) is 0 Å². The van der Waals surface area contributed by atoms with Gasteiger partial charge in [0.2, 0.25) is 0 Å². The third kappa shape index (κ3) is 1.95. The molecule has 0 amide bonds. The number of benzene rings is 1. The van der Waals surface area contributed by atoms with E-state index in [-0.39, 0.29) is 18.0 Å². The summed E-state index contributed by atoms with van der Waals surface area (Å²) < 4.78 is 5.49. The van der Waals surface area contributed by atoms with Crippen molar-refractivity contribution in [2.75, 3.05) is 0 Å². The first-order valence-corrected chi connectivity index (χ1v) is 6.59. The Hall–Kier alpha value is -1.02. The second kappa shape index (κ2) is 4.34. The molecule has 2 fully saturated rings. The van der Waals surface area contributed by atoms with Crippen molar-refractivity contribution < 1.29 is 9.53 Å². The molecule has 1 aliphatic heterocycles. The topological polar surface area (TPSA) is 26.3 Å². The quantitative estimate of drug-likeness (QED) is 0.713. The molecule has 0 N–H and O–H groups in total. The molecule has 0 aromatic heterocycles. The van der Waals surface area contributed by atoms with Gasteiger partial charge in [-0.3, -0.25) is 4.79 Å². The largest absolute Gasteiger partial charge is 0.462 e. The molecular formula is C14H15ClO2. The molecule has 0 radical (unpaired) electrons. The molecule has 1 saturated carbocycles. The van der Waals surface area contributed by atoms with E-state index in [9.17, 15) is 4.79 Å². The maximum atomic E-state index is 12.0. The van der Waals surface area contributed by atoms with Gasteiger partial charge in [0, 0.05) is 10.9 Å². The number of ether oxygens (including phenoxy) is 1. The van der Waals surface area contributed by atoms with Crippen LogP contribution in [0.1, 0.15) is 37.2 Å². The molecule has 17 heavy (non-hydrogen) atoms. The molecule has 3 heteroatoms. The summed E-state index contributed by atoms with van der Waals surface area (Å²) in [6, 6.07) is 7.62. The molecule has 2 nitrogen and oxygen atoms in total. The van der Waals surface area contributed by atoms with Gasteiger partial charge in [-0.2, -0.15) is 0 Å². The molecule has 90 valence electrons. The van der Waals surface area contributed by atoms with E-state index in [0.29, 0.717) is 10.9 Å². The number of carbonyl (C=O) groups excluding carboxylic acids is 1. The van der Waals surface area contributed by atoms with E-state index >= 15 is 0 Å². The SMILES string of the molecule is O=C1O[C@@H]2CCCC[C@@H]2[C@@H]1c1cccc(Cl)c1. The minimum atomic E-state index is -0.0981. The Morgan fingerprint density at radius 1 is 1.24 bits per heavy atom. The van der Waals surface area contributed by atoms with Gasteiger partial charge in [0.25, 0.3) is 0 Å². The Kier molecular flexibility index (Phi) is 2.83. The number of halogens is 1. The lowest BCUT2D eigenvalue weighted by Gasteiger charge is -2.25. The van der Waals surface area contributed by atoms with E-state index in [1.165, 1.54) is 12.8 Å². The summed E-state index contributed by atoms with van der Waals surface area (Å²) in [7, 11) is 0. The predicted molar refractivity (Wildman–Crippen MR) is 66.0 cm³/mol. The highest BCUT2D eigenvalue weighted by Gasteiger charge is 2.45. The third-order valence-electron chi connectivity index (χ3n) is 3.91. The smallest absolute Gasteiger partial charge is 0.314 e. The van der Waals surface area contributed by atoms with Crippen LogP contribution in [0.3, 0.4) is 0 Å². The van der Waals surface area contributed by atoms with Crippen molar-refractivity contribution in [1.29, 1.82) is 0 Å². The van der Waals surface area contributed by atoms with Gasteiger partial charge in [0.05, 0.1) is 5.92 Å². The van der Waals surface area contributed by atoms with Crippen LogP contribution >= 0.6 is 11.6 Å². The Morgan fingerprint density at radius 3 is 2.88 bits per heavy atom. The first-order chi connectivity index (χ1) is 8.25. The number of esters is 1. The number of hydrogen-bond donors (Lipinski definition) is 0. The van der Waals surface area contributed by atoms with E-state index in [4.69, 9.17) is 16.3 Å².